The Morgan fingerprint density at radius 2 is 1.91 bits per heavy atom. The van der Waals surface area contributed by atoms with Gasteiger partial charge in [-0.2, -0.15) is 13.2 Å². The Hall–Kier alpha value is -1.94. The van der Waals surface area contributed by atoms with Gasteiger partial charge in [0.2, 0.25) is 0 Å². The molecule has 0 bridgehead atoms. The predicted octanol–water partition coefficient (Wildman–Crippen LogP) is 3.77. The van der Waals surface area contributed by atoms with E-state index in [1.54, 1.807) is 25.1 Å². The van der Waals surface area contributed by atoms with E-state index in [1.807, 2.05) is 4.90 Å². The topological polar surface area (TPSA) is 61.4 Å². The number of benzene rings is 2. The zero-order chi connectivity index (χ0) is 23.3. The van der Waals surface area contributed by atoms with Crippen LogP contribution in [0.15, 0.2) is 41.3 Å². The molecule has 0 aliphatic carbocycles. The summed E-state index contributed by atoms with van der Waals surface area (Å²) < 4.78 is 52.7. The highest BCUT2D eigenvalue weighted by atomic mass is 35.5. The van der Waals surface area contributed by atoms with Gasteiger partial charge in [0, 0.05) is 55.4 Å². The molecule has 32 heavy (non-hydrogen) atoms. The van der Waals surface area contributed by atoms with E-state index in [0.29, 0.717) is 33.3 Å². The highest BCUT2D eigenvalue weighted by molar-refractivity contribution is 7.85. The molecule has 2 aromatic carbocycles. The Bertz CT molecular complexity index is 995. The van der Waals surface area contributed by atoms with Crippen LogP contribution in [0.2, 0.25) is 5.02 Å². The zero-order valence-corrected chi connectivity index (χ0v) is 19.3. The van der Waals surface area contributed by atoms with E-state index >= 15 is 0 Å². The summed E-state index contributed by atoms with van der Waals surface area (Å²) in [4.78, 5) is 15.4. The number of amides is 1. The summed E-state index contributed by atoms with van der Waals surface area (Å²) in [5.41, 5.74) is 0.104. The van der Waals surface area contributed by atoms with E-state index in [4.69, 9.17) is 11.6 Å². The second-order valence-corrected chi connectivity index (χ2v) is 9.90. The van der Waals surface area contributed by atoms with Crippen LogP contribution in [0, 0.1) is 0 Å². The first-order chi connectivity index (χ1) is 15.2. The molecule has 1 heterocycles. The number of halogens is 4. The maximum Gasteiger partial charge on any atom is 0.416 e. The molecule has 0 radical (unpaired) electrons. The summed E-state index contributed by atoms with van der Waals surface area (Å²) in [6, 6.07) is 8.35. The molecule has 10 heteroatoms. The number of piperazine rings is 1. The summed E-state index contributed by atoms with van der Waals surface area (Å²) in [5, 5.41) is 6.28. The lowest BCUT2D eigenvalue weighted by Gasteiger charge is -2.27. The third-order valence-electron chi connectivity index (χ3n) is 5.23. The molecule has 2 aromatic rings. The van der Waals surface area contributed by atoms with Crippen molar-refractivity contribution in [1.29, 1.82) is 0 Å². The van der Waals surface area contributed by atoms with Crippen molar-refractivity contribution in [3.8, 4) is 0 Å². The van der Waals surface area contributed by atoms with Gasteiger partial charge in [-0.1, -0.05) is 11.6 Å². The van der Waals surface area contributed by atoms with Crippen LogP contribution in [0.1, 0.15) is 34.0 Å². The van der Waals surface area contributed by atoms with E-state index in [-0.39, 0.29) is 12.1 Å². The molecular formula is C22H26ClF3N3O2S+. The van der Waals surface area contributed by atoms with Crippen molar-refractivity contribution in [3.63, 3.8) is 0 Å². The van der Waals surface area contributed by atoms with E-state index in [2.05, 4.69) is 10.6 Å². The maximum absolute atomic E-state index is 13.5. The number of thiol groups is 1. The lowest BCUT2D eigenvalue weighted by atomic mass is 10.0. The van der Waals surface area contributed by atoms with E-state index in [0.717, 1.165) is 38.3 Å². The van der Waals surface area contributed by atoms with Gasteiger partial charge in [-0.15, -0.1) is 4.21 Å². The maximum atomic E-state index is 13.5. The Morgan fingerprint density at radius 3 is 2.56 bits per heavy atom. The minimum absolute atomic E-state index is 0.0131. The van der Waals surface area contributed by atoms with Crippen molar-refractivity contribution in [3.05, 3.63) is 63.7 Å². The first-order valence-electron chi connectivity index (χ1n) is 10.3. The van der Waals surface area contributed by atoms with Crippen LogP contribution in [0.3, 0.4) is 0 Å². The van der Waals surface area contributed by atoms with E-state index < -0.39 is 28.4 Å². The third kappa shape index (κ3) is 6.54. The number of alkyl halides is 3. The normalized spacial score (nSPS) is 16.0. The minimum Gasteiger partial charge on any atom is -0.348 e. The van der Waals surface area contributed by atoms with E-state index in [1.165, 1.54) is 6.07 Å². The van der Waals surface area contributed by atoms with Crippen LogP contribution in [-0.4, -0.2) is 42.7 Å². The molecule has 0 aromatic heterocycles. The molecule has 0 saturated carbocycles. The second kappa shape index (κ2) is 10.8. The van der Waals surface area contributed by atoms with Crippen LogP contribution in [0.4, 0.5) is 13.2 Å². The van der Waals surface area contributed by atoms with Crippen LogP contribution in [0.5, 0.6) is 0 Å². The van der Waals surface area contributed by atoms with Gasteiger partial charge in [0.05, 0.1) is 5.56 Å². The molecular weight excluding hydrogens is 463 g/mol. The molecule has 0 spiro atoms. The predicted molar refractivity (Wildman–Crippen MR) is 120 cm³/mol. The Balaban J connectivity index is 1.82. The molecule has 2 N–H and O–H groups in total. The van der Waals surface area contributed by atoms with Crippen LogP contribution in [0.25, 0.3) is 0 Å². The van der Waals surface area contributed by atoms with Crippen LogP contribution < -0.4 is 10.6 Å². The number of hydrogen-bond donors (Lipinski definition) is 2. The largest absolute Gasteiger partial charge is 0.416 e. The van der Waals surface area contributed by atoms with Crippen molar-refractivity contribution < 1.29 is 22.2 Å². The number of nitrogens with zero attached hydrogens (tertiary/aromatic N) is 1. The fourth-order valence-corrected chi connectivity index (χ4v) is 4.83. The second-order valence-electron chi connectivity index (χ2n) is 7.59. The number of carbonyl (C=O) groups is 1. The van der Waals surface area contributed by atoms with Crippen molar-refractivity contribution in [2.24, 2.45) is 0 Å². The van der Waals surface area contributed by atoms with Crippen molar-refractivity contribution in [1.82, 2.24) is 15.5 Å². The van der Waals surface area contributed by atoms with Crippen molar-refractivity contribution in [2.45, 2.75) is 31.1 Å². The summed E-state index contributed by atoms with van der Waals surface area (Å²) >= 11 is 6.04. The van der Waals surface area contributed by atoms with Gasteiger partial charge in [-0.25, -0.2) is 0 Å². The first kappa shape index (κ1) is 24.7. The molecule has 1 aliphatic heterocycles. The van der Waals surface area contributed by atoms with Gasteiger partial charge in [0.25, 0.3) is 5.91 Å². The molecule has 3 rings (SSSR count). The highest BCUT2D eigenvalue weighted by Gasteiger charge is 2.32. The lowest BCUT2D eigenvalue weighted by molar-refractivity contribution is -0.137. The van der Waals surface area contributed by atoms with Gasteiger partial charge in [-0.3, -0.25) is 9.69 Å². The van der Waals surface area contributed by atoms with Crippen molar-refractivity contribution in [2.75, 3.05) is 31.9 Å². The Labute approximate surface area is 192 Å². The smallest absolute Gasteiger partial charge is 0.348 e. The molecule has 1 fully saturated rings. The molecule has 1 unspecified atom stereocenters. The molecule has 1 atom stereocenters. The summed E-state index contributed by atoms with van der Waals surface area (Å²) in [7, 11) is -1.65. The number of rotatable bonds is 7. The Morgan fingerprint density at radius 1 is 1.19 bits per heavy atom. The van der Waals surface area contributed by atoms with E-state index in [9.17, 15) is 22.2 Å². The fourth-order valence-electron chi connectivity index (χ4n) is 3.59. The SMILES string of the molecule is CC[SH+](=O)c1ccc(Cl)cc1CNC(=O)c1cc(CN2CCNCC2)cc(C(F)(F)F)c1. The third-order valence-corrected chi connectivity index (χ3v) is 7.02. The molecule has 174 valence electrons. The molecule has 1 aliphatic rings. The summed E-state index contributed by atoms with van der Waals surface area (Å²) in [5.74, 6) is -0.198. The first-order valence-corrected chi connectivity index (χ1v) is 12.1. The highest BCUT2D eigenvalue weighted by Crippen LogP contribution is 2.31. The molecule has 5 nitrogen and oxygen atoms in total. The quantitative estimate of drug-likeness (QED) is 0.460. The molecule has 1 saturated heterocycles. The van der Waals surface area contributed by atoms with Gasteiger partial charge in [-0.05, 0) is 48.9 Å². The number of carbonyl (C=O) groups excluding carboxylic acids is 1. The van der Waals surface area contributed by atoms with Crippen LogP contribution >= 0.6 is 11.6 Å². The monoisotopic (exact) mass is 488 g/mol. The van der Waals surface area contributed by atoms with Crippen LogP contribution in [-0.2, 0) is 34.3 Å². The van der Waals surface area contributed by atoms with Gasteiger partial charge in [0.15, 0.2) is 4.90 Å². The average Bonchev–Trinajstić information content (AvgIpc) is 2.77. The fraction of sp³-hybridized carbons (Fsp3) is 0.409. The summed E-state index contributed by atoms with van der Waals surface area (Å²) in [6.07, 6.45) is -4.56. The Kier molecular flexibility index (Phi) is 8.32. The zero-order valence-electron chi connectivity index (χ0n) is 17.6. The average molecular weight is 489 g/mol. The van der Waals surface area contributed by atoms with Gasteiger partial charge in [0.1, 0.15) is 16.6 Å². The number of hydrogen-bond acceptors (Lipinski definition) is 4. The molecule has 1 amide bonds. The number of nitrogens with one attached hydrogen (secondary N) is 2. The lowest BCUT2D eigenvalue weighted by Crippen LogP contribution is -2.42. The minimum atomic E-state index is -4.56. The van der Waals surface area contributed by atoms with Gasteiger partial charge >= 0.3 is 6.18 Å². The summed E-state index contributed by atoms with van der Waals surface area (Å²) in [6.45, 7) is 5.14. The van der Waals surface area contributed by atoms with Gasteiger partial charge < -0.3 is 10.6 Å². The standard InChI is InChI=1S/C22H25ClF3N3O2S/c1-2-32(31)20-4-3-19(23)12-17(20)13-28-21(30)16-9-15(10-18(11-16)22(24,25)26)14-29-7-5-27-6-8-29/h3-4,9-12,27H,2,5-8,13-14H2,1H3,(H,28,30)/p+1. The van der Waals surface area contributed by atoms with Crippen molar-refractivity contribution >= 4 is 28.3 Å².